The van der Waals surface area contributed by atoms with Crippen LogP contribution in [0.5, 0.6) is 0 Å². The lowest BCUT2D eigenvalue weighted by Crippen LogP contribution is -2.37. The Morgan fingerprint density at radius 2 is 1.67 bits per heavy atom. The van der Waals surface area contributed by atoms with Crippen LogP contribution in [0.25, 0.3) is 0 Å². The van der Waals surface area contributed by atoms with Crippen molar-refractivity contribution in [2.45, 2.75) is 26.3 Å². The molecule has 7 heteroatoms. The van der Waals surface area contributed by atoms with Gasteiger partial charge in [-0.1, -0.05) is 32.0 Å². The highest BCUT2D eigenvalue weighted by Gasteiger charge is 2.18. The van der Waals surface area contributed by atoms with E-state index in [2.05, 4.69) is 57.9 Å². The largest absolute Gasteiger partial charge is 0.378 e. The number of morpholine rings is 1. The SMILES string of the molecule is CC(C)c1nc(N(C)C)nc(N(C)Cc2ccccc2N2CCOCC2)n1. The third-order valence-electron chi connectivity index (χ3n) is 4.64. The predicted molar refractivity (Wildman–Crippen MR) is 110 cm³/mol. The summed E-state index contributed by atoms with van der Waals surface area (Å²) in [5, 5.41) is 0. The zero-order valence-corrected chi connectivity index (χ0v) is 17.0. The topological polar surface area (TPSA) is 57.6 Å². The Labute approximate surface area is 162 Å². The second-order valence-electron chi connectivity index (χ2n) is 7.43. The molecule has 0 unspecified atom stereocenters. The van der Waals surface area contributed by atoms with Crippen molar-refractivity contribution in [2.24, 2.45) is 0 Å². The van der Waals surface area contributed by atoms with Gasteiger partial charge in [0, 0.05) is 52.4 Å². The van der Waals surface area contributed by atoms with Gasteiger partial charge in [0.15, 0.2) is 0 Å². The van der Waals surface area contributed by atoms with Gasteiger partial charge in [-0.2, -0.15) is 15.0 Å². The summed E-state index contributed by atoms with van der Waals surface area (Å²) in [6, 6.07) is 8.55. The van der Waals surface area contributed by atoms with E-state index in [1.807, 2.05) is 26.0 Å². The van der Waals surface area contributed by atoms with Crippen molar-refractivity contribution in [3.8, 4) is 0 Å². The van der Waals surface area contributed by atoms with E-state index in [0.717, 1.165) is 38.7 Å². The van der Waals surface area contributed by atoms with Gasteiger partial charge in [-0.05, 0) is 11.6 Å². The Bertz CT molecular complexity index is 732. The molecule has 0 atom stereocenters. The van der Waals surface area contributed by atoms with E-state index in [9.17, 15) is 0 Å². The van der Waals surface area contributed by atoms with Gasteiger partial charge >= 0.3 is 0 Å². The number of para-hydroxylation sites is 1. The molecule has 2 aromatic rings. The first-order valence-electron chi connectivity index (χ1n) is 9.50. The molecule has 1 aromatic heterocycles. The fourth-order valence-electron chi connectivity index (χ4n) is 3.08. The third-order valence-corrected chi connectivity index (χ3v) is 4.64. The first-order valence-corrected chi connectivity index (χ1v) is 9.50. The van der Waals surface area contributed by atoms with Crippen LogP contribution in [-0.4, -0.2) is 62.4 Å². The highest BCUT2D eigenvalue weighted by atomic mass is 16.5. The number of ether oxygens (including phenoxy) is 1. The summed E-state index contributed by atoms with van der Waals surface area (Å²) in [4.78, 5) is 20.3. The van der Waals surface area contributed by atoms with Crippen LogP contribution in [0.2, 0.25) is 0 Å². The van der Waals surface area contributed by atoms with E-state index < -0.39 is 0 Å². The summed E-state index contributed by atoms with van der Waals surface area (Å²) in [7, 11) is 5.95. The van der Waals surface area contributed by atoms with Gasteiger partial charge in [0.2, 0.25) is 11.9 Å². The second-order valence-corrected chi connectivity index (χ2v) is 7.43. The highest BCUT2D eigenvalue weighted by Crippen LogP contribution is 2.24. The highest BCUT2D eigenvalue weighted by molar-refractivity contribution is 5.55. The van der Waals surface area contributed by atoms with E-state index in [0.29, 0.717) is 11.9 Å². The van der Waals surface area contributed by atoms with Gasteiger partial charge in [0.05, 0.1) is 13.2 Å². The monoisotopic (exact) mass is 370 g/mol. The Morgan fingerprint density at radius 3 is 2.33 bits per heavy atom. The van der Waals surface area contributed by atoms with Gasteiger partial charge in [0.25, 0.3) is 0 Å². The molecule has 7 nitrogen and oxygen atoms in total. The van der Waals surface area contributed by atoms with Crippen LogP contribution < -0.4 is 14.7 Å². The van der Waals surface area contributed by atoms with Crippen LogP contribution in [0.1, 0.15) is 31.2 Å². The Balaban J connectivity index is 1.86. The summed E-state index contributed by atoms with van der Waals surface area (Å²) in [6.07, 6.45) is 0. The molecule has 1 saturated heterocycles. The summed E-state index contributed by atoms with van der Waals surface area (Å²) < 4.78 is 5.50. The van der Waals surface area contributed by atoms with Crippen molar-refractivity contribution in [2.75, 3.05) is 62.1 Å². The van der Waals surface area contributed by atoms with Gasteiger partial charge < -0.3 is 19.4 Å². The van der Waals surface area contributed by atoms with Crippen molar-refractivity contribution in [1.82, 2.24) is 15.0 Å². The summed E-state index contributed by atoms with van der Waals surface area (Å²) in [5.41, 5.74) is 2.53. The first-order chi connectivity index (χ1) is 13.0. The van der Waals surface area contributed by atoms with Crippen LogP contribution in [0.3, 0.4) is 0 Å². The van der Waals surface area contributed by atoms with E-state index in [4.69, 9.17) is 9.72 Å². The van der Waals surface area contributed by atoms with E-state index >= 15 is 0 Å². The van der Waals surface area contributed by atoms with E-state index in [-0.39, 0.29) is 5.92 Å². The van der Waals surface area contributed by atoms with Crippen LogP contribution in [0.15, 0.2) is 24.3 Å². The zero-order chi connectivity index (χ0) is 19.4. The standard InChI is InChI=1S/C20H30N6O/c1-15(2)18-21-19(24(3)4)23-20(22-18)25(5)14-16-8-6-7-9-17(16)26-10-12-27-13-11-26/h6-9,15H,10-14H2,1-5H3. The normalized spacial score (nSPS) is 14.5. The molecule has 1 aliphatic rings. The molecular formula is C20H30N6O. The lowest BCUT2D eigenvalue weighted by atomic mass is 10.1. The number of rotatable bonds is 6. The van der Waals surface area contributed by atoms with Gasteiger partial charge in [-0.25, -0.2) is 0 Å². The van der Waals surface area contributed by atoms with Crippen LogP contribution >= 0.6 is 0 Å². The minimum absolute atomic E-state index is 0.250. The first kappa shape index (κ1) is 19.4. The minimum atomic E-state index is 0.250. The molecule has 0 bridgehead atoms. The molecular weight excluding hydrogens is 340 g/mol. The van der Waals surface area contributed by atoms with Crippen molar-refractivity contribution in [3.05, 3.63) is 35.7 Å². The van der Waals surface area contributed by atoms with Gasteiger partial charge in [0.1, 0.15) is 5.82 Å². The van der Waals surface area contributed by atoms with E-state index in [1.54, 1.807) is 0 Å². The fraction of sp³-hybridized carbons (Fsp3) is 0.550. The van der Waals surface area contributed by atoms with Gasteiger partial charge in [-0.15, -0.1) is 0 Å². The summed E-state index contributed by atoms with van der Waals surface area (Å²) in [6.45, 7) is 8.35. The Morgan fingerprint density at radius 1 is 1.00 bits per heavy atom. The molecule has 0 saturated carbocycles. The lowest BCUT2D eigenvalue weighted by Gasteiger charge is -2.31. The molecule has 1 aliphatic heterocycles. The smallest absolute Gasteiger partial charge is 0.230 e. The van der Waals surface area contributed by atoms with Crippen LogP contribution in [0, 0.1) is 0 Å². The molecule has 3 rings (SSSR count). The van der Waals surface area contributed by atoms with Crippen LogP contribution in [0.4, 0.5) is 17.6 Å². The Kier molecular flexibility index (Phi) is 6.11. The average molecular weight is 371 g/mol. The molecule has 0 N–H and O–H groups in total. The molecule has 1 fully saturated rings. The number of hydrogen-bond donors (Lipinski definition) is 0. The molecule has 0 amide bonds. The van der Waals surface area contributed by atoms with Crippen molar-refractivity contribution < 1.29 is 4.74 Å². The summed E-state index contributed by atoms with van der Waals surface area (Å²) in [5.74, 6) is 2.46. The zero-order valence-electron chi connectivity index (χ0n) is 17.0. The maximum Gasteiger partial charge on any atom is 0.230 e. The molecule has 1 aromatic carbocycles. The lowest BCUT2D eigenvalue weighted by molar-refractivity contribution is 0.122. The molecule has 0 aliphatic carbocycles. The number of nitrogens with zero attached hydrogens (tertiary/aromatic N) is 6. The molecule has 2 heterocycles. The van der Waals surface area contributed by atoms with Crippen molar-refractivity contribution >= 4 is 17.6 Å². The van der Waals surface area contributed by atoms with Crippen molar-refractivity contribution in [1.29, 1.82) is 0 Å². The maximum absolute atomic E-state index is 5.50. The minimum Gasteiger partial charge on any atom is -0.378 e. The maximum atomic E-state index is 5.50. The van der Waals surface area contributed by atoms with Gasteiger partial charge in [-0.3, -0.25) is 0 Å². The quantitative estimate of drug-likeness (QED) is 0.774. The molecule has 27 heavy (non-hydrogen) atoms. The molecule has 0 radical (unpaired) electrons. The number of anilines is 3. The molecule has 0 spiro atoms. The Hall–Kier alpha value is -2.41. The number of hydrogen-bond acceptors (Lipinski definition) is 7. The summed E-state index contributed by atoms with van der Waals surface area (Å²) >= 11 is 0. The number of aromatic nitrogens is 3. The van der Waals surface area contributed by atoms with Crippen LogP contribution in [-0.2, 0) is 11.3 Å². The predicted octanol–water partition coefficient (Wildman–Crippen LogP) is 2.53. The van der Waals surface area contributed by atoms with Crippen molar-refractivity contribution in [3.63, 3.8) is 0 Å². The average Bonchev–Trinajstić information content (AvgIpc) is 2.68. The second kappa shape index (κ2) is 8.52. The number of benzene rings is 1. The fourth-order valence-corrected chi connectivity index (χ4v) is 3.08. The van der Waals surface area contributed by atoms with E-state index in [1.165, 1.54) is 11.3 Å². The molecule has 146 valence electrons. The third kappa shape index (κ3) is 4.66.